The second kappa shape index (κ2) is 8.44. The molecule has 0 saturated carbocycles. The van der Waals surface area contributed by atoms with Crippen LogP contribution in [0.3, 0.4) is 0 Å². The van der Waals surface area contributed by atoms with Crippen molar-refractivity contribution in [1.29, 1.82) is 0 Å². The van der Waals surface area contributed by atoms with Crippen LogP contribution in [0, 0.1) is 6.92 Å². The molecule has 0 aliphatic carbocycles. The fourth-order valence-electron chi connectivity index (χ4n) is 2.13. The first-order valence-electron chi connectivity index (χ1n) is 7.41. The summed E-state index contributed by atoms with van der Waals surface area (Å²) in [5, 5.41) is 8.71. The van der Waals surface area contributed by atoms with Gasteiger partial charge in [0.15, 0.2) is 5.96 Å². The Labute approximate surface area is 136 Å². The van der Waals surface area contributed by atoms with E-state index in [1.165, 1.54) is 10.4 Å². The Hall–Kier alpha value is -2.01. The molecule has 1 aromatic carbocycles. The molecule has 118 valence electrons. The second-order valence-corrected chi connectivity index (χ2v) is 5.96. The Morgan fingerprint density at radius 2 is 2.14 bits per heavy atom. The third-order valence-corrected chi connectivity index (χ3v) is 4.11. The Morgan fingerprint density at radius 1 is 1.27 bits per heavy atom. The van der Waals surface area contributed by atoms with Crippen molar-refractivity contribution in [3.05, 3.63) is 51.7 Å². The van der Waals surface area contributed by atoms with Crippen molar-refractivity contribution in [2.24, 2.45) is 4.99 Å². The van der Waals surface area contributed by atoms with Crippen LogP contribution in [0.2, 0.25) is 0 Å². The van der Waals surface area contributed by atoms with Gasteiger partial charge in [-0.3, -0.25) is 0 Å². The lowest BCUT2D eigenvalue weighted by Gasteiger charge is -2.11. The van der Waals surface area contributed by atoms with E-state index in [-0.39, 0.29) is 0 Å². The van der Waals surface area contributed by atoms with Gasteiger partial charge in [0, 0.05) is 11.4 Å². The van der Waals surface area contributed by atoms with Gasteiger partial charge in [-0.2, -0.15) is 0 Å². The fraction of sp³-hybridized carbons (Fsp3) is 0.353. The van der Waals surface area contributed by atoms with Crippen LogP contribution in [0.5, 0.6) is 5.75 Å². The van der Waals surface area contributed by atoms with Crippen molar-refractivity contribution in [3.63, 3.8) is 0 Å². The molecule has 1 heterocycles. The van der Waals surface area contributed by atoms with Crippen LogP contribution in [-0.4, -0.2) is 19.6 Å². The van der Waals surface area contributed by atoms with Crippen LogP contribution < -0.4 is 15.4 Å². The van der Waals surface area contributed by atoms with Crippen LogP contribution in [0.25, 0.3) is 0 Å². The summed E-state index contributed by atoms with van der Waals surface area (Å²) in [5.41, 5.74) is 2.30. The number of aliphatic imine (C=N–C) groups is 1. The minimum absolute atomic E-state index is 0.643. The maximum atomic E-state index is 5.28. The van der Waals surface area contributed by atoms with Gasteiger partial charge >= 0.3 is 0 Å². The molecular formula is C17H23N3OS. The number of rotatable bonds is 6. The first kappa shape index (κ1) is 16.4. The number of hydrogen-bond donors (Lipinski definition) is 2. The van der Waals surface area contributed by atoms with Gasteiger partial charge in [0.2, 0.25) is 0 Å². The predicted octanol–water partition coefficient (Wildman–Crippen LogP) is 3.32. The zero-order valence-corrected chi connectivity index (χ0v) is 14.2. The van der Waals surface area contributed by atoms with E-state index < -0.39 is 0 Å². The van der Waals surface area contributed by atoms with Gasteiger partial charge in [0.25, 0.3) is 0 Å². The van der Waals surface area contributed by atoms with E-state index in [2.05, 4.69) is 52.2 Å². The highest BCUT2D eigenvalue weighted by atomic mass is 32.1. The third-order valence-electron chi connectivity index (χ3n) is 3.23. The Kier molecular flexibility index (Phi) is 6.27. The van der Waals surface area contributed by atoms with Crippen LogP contribution in [0.15, 0.2) is 40.7 Å². The minimum atomic E-state index is 0.643. The largest absolute Gasteiger partial charge is 0.496 e. The summed E-state index contributed by atoms with van der Waals surface area (Å²) in [6.45, 7) is 6.40. The minimum Gasteiger partial charge on any atom is -0.496 e. The van der Waals surface area contributed by atoms with E-state index in [1.54, 1.807) is 18.4 Å². The van der Waals surface area contributed by atoms with E-state index in [0.717, 1.165) is 30.4 Å². The first-order chi connectivity index (χ1) is 10.7. The summed E-state index contributed by atoms with van der Waals surface area (Å²) in [6.07, 6.45) is 0. The predicted molar refractivity (Wildman–Crippen MR) is 93.7 cm³/mol. The summed E-state index contributed by atoms with van der Waals surface area (Å²) in [4.78, 5) is 5.94. The summed E-state index contributed by atoms with van der Waals surface area (Å²) in [5.74, 6) is 1.75. The summed E-state index contributed by atoms with van der Waals surface area (Å²) in [6, 6.07) is 10.3. The van der Waals surface area contributed by atoms with Crippen molar-refractivity contribution >= 4 is 17.3 Å². The van der Waals surface area contributed by atoms with Crippen LogP contribution in [0.4, 0.5) is 0 Å². The highest BCUT2D eigenvalue weighted by Gasteiger charge is 2.02. The SMILES string of the molecule is CCNC(=NCc1ccc(OC)c(C)c1)NCc1cccs1. The number of guanidine groups is 1. The first-order valence-corrected chi connectivity index (χ1v) is 8.29. The van der Waals surface area contributed by atoms with Gasteiger partial charge in [0.1, 0.15) is 5.75 Å². The third kappa shape index (κ3) is 4.77. The van der Waals surface area contributed by atoms with E-state index in [0.29, 0.717) is 6.54 Å². The molecule has 2 N–H and O–H groups in total. The zero-order chi connectivity index (χ0) is 15.8. The van der Waals surface area contributed by atoms with E-state index in [4.69, 9.17) is 4.74 Å². The number of hydrogen-bond acceptors (Lipinski definition) is 3. The average Bonchev–Trinajstić information content (AvgIpc) is 3.03. The van der Waals surface area contributed by atoms with E-state index >= 15 is 0 Å². The number of ether oxygens (including phenoxy) is 1. The van der Waals surface area contributed by atoms with E-state index in [1.807, 2.05) is 13.0 Å². The van der Waals surface area contributed by atoms with Gasteiger partial charge in [-0.15, -0.1) is 11.3 Å². The fourth-order valence-corrected chi connectivity index (χ4v) is 2.78. The van der Waals surface area contributed by atoms with Gasteiger partial charge in [-0.05, 0) is 42.5 Å². The molecule has 0 spiro atoms. The van der Waals surface area contributed by atoms with Gasteiger partial charge in [0.05, 0.1) is 20.2 Å². The molecule has 2 aromatic rings. The molecular weight excluding hydrogens is 294 g/mol. The Balaban J connectivity index is 1.98. The smallest absolute Gasteiger partial charge is 0.191 e. The molecule has 0 fully saturated rings. The Morgan fingerprint density at radius 3 is 2.77 bits per heavy atom. The standard InChI is InChI=1S/C17H23N3OS/c1-4-18-17(20-12-15-6-5-9-22-15)19-11-14-7-8-16(21-3)13(2)10-14/h5-10H,4,11-12H2,1-3H3,(H2,18,19,20). The monoisotopic (exact) mass is 317 g/mol. The molecule has 22 heavy (non-hydrogen) atoms. The summed E-state index contributed by atoms with van der Waals surface area (Å²) in [7, 11) is 1.69. The van der Waals surface area contributed by atoms with Crippen LogP contribution >= 0.6 is 11.3 Å². The Bertz CT molecular complexity index is 608. The lowest BCUT2D eigenvalue weighted by Crippen LogP contribution is -2.36. The summed E-state index contributed by atoms with van der Waals surface area (Å²) >= 11 is 1.74. The van der Waals surface area contributed by atoms with Gasteiger partial charge in [-0.1, -0.05) is 18.2 Å². The molecule has 4 nitrogen and oxygen atoms in total. The molecule has 1 aromatic heterocycles. The molecule has 0 radical (unpaired) electrons. The molecule has 0 aliphatic heterocycles. The topological polar surface area (TPSA) is 45.7 Å². The van der Waals surface area contributed by atoms with Crippen LogP contribution in [0.1, 0.15) is 22.9 Å². The molecule has 0 amide bonds. The van der Waals surface area contributed by atoms with Crippen molar-refractivity contribution < 1.29 is 4.74 Å². The zero-order valence-electron chi connectivity index (χ0n) is 13.3. The molecule has 0 aliphatic rings. The second-order valence-electron chi connectivity index (χ2n) is 4.93. The van der Waals surface area contributed by atoms with Crippen molar-refractivity contribution in [1.82, 2.24) is 10.6 Å². The lowest BCUT2D eigenvalue weighted by molar-refractivity contribution is 0.411. The van der Waals surface area contributed by atoms with Crippen LogP contribution in [-0.2, 0) is 13.1 Å². The average molecular weight is 317 g/mol. The summed E-state index contributed by atoms with van der Waals surface area (Å²) < 4.78 is 5.28. The van der Waals surface area contributed by atoms with Crippen molar-refractivity contribution in [2.75, 3.05) is 13.7 Å². The number of nitrogens with one attached hydrogen (secondary N) is 2. The number of benzene rings is 1. The molecule has 0 saturated heterocycles. The molecule has 0 unspecified atom stereocenters. The normalized spacial score (nSPS) is 11.3. The molecule has 2 rings (SSSR count). The van der Waals surface area contributed by atoms with Gasteiger partial charge in [-0.25, -0.2) is 4.99 Å². The number of nitrogens with zero attached hydrogens (tertiary/aromatic N) is 1. The molecule has 5 heteroatoms. The maximum absolute atomic E-state index is 5.28. The molecule has 0 atom stereocenters. The lowest BCUT2D eigenvalue weighted by atomic mass is 10.1. The van der Waals surface area contributed by atoms with Crippen molar-refractivity contribution in [2.45, 2.75) is 26.9 Å². The number of aryl methyl sites for hydroxylation is 1. The number of methoxy groups -OCH3 is 1. The number of thiophene rings is 1. The maximum Gasteiger partial charge on any atom is 0.191 e. The highest BCUT2D eigenvalue weighted by molar-refractivity contribution is 7.09. The quantitative estimate of drug-likeness (QED) is 0.634. The van der Waals surface area contributed by atoms with Gasteiger partial charge < -0.3 is 15.4 Å². The van der Waals surface area contributed by atoms with Crippen molar-refractivity contribution in [3.8, 4) is 5.75 Å². The van der Waals surface area contributed by atoms with E-state index in [9.17, 15) is 0 Å². The molecule has 0 bridgehead atoms. The highest BCUT2D eigenvalue weighted by Crippen LogP contribution is 2.18.